The predicted molar refractivity (Wildman–Crippen MR) is 45.0 cm³/mol. The third-order valence-corrected chi connectivity index (χ3v) is 1.76. The van der Waals surface area contributed by atoms with Crippen molar-refractivity contribution in [1.29, 1.82) is 0 Å². The van der Waals surface area contributed by atoms with E-state index in [-0.39, 0.29) is 23.5 Å². The molecular weight excluding hydrogens is 214 g/mol. The van der Waals surface area contributed by atoms with Gasteiger partial charge in [-0.2, -0.15) is 0 Å². The minimum absolute atomic E-state index is 0. The second-order valence-corrected chi connectivity index (χ2v) is 2.62. The molecule has 1 aliphatic rings. The van der Waals surface area contributed by atoms with Gasteiger partial charge in [0.25, 0.3) is 0 Å². The molecule has 1 heterocycles. The molecule has 0 aromatic carbocycles. The van der Waals surface area contributed by atoms with Gasteiger partial charge in [-0.1, -0.05) is 0 Å². The molecule has 0 amide bonds. The summed E-state index contributed by atoms with van der Waals surface area (Å²) >= 11 is 0. The molecule has 1 atom stereocenters. The lowest BCUT2D eigenvalue weighted by Gasteiger charge is -2.27. The minimum Gasteiger partial charge on any atom is -0.479 e. The van der Waals surface area contributed by atoms with Crippen molar-refractivity contribution in [3.63, 3.8) is 0 Å². The smallest absolute Gasteiger partial charge is 0.337 e. The number of nitrogens with one attached hydrogen (secondary N) is 1. The van der Waals surface area contributed by atoms with Crippen molar-refractivity contribution in [3.05, 3.63) is 0 Å². The molecule has 1 fully saturated rings. The quantitative estimate of drug-likeness (QED) is 0.577. The van der Waals surface area contributed by atoms with Crippen molar-refractivity contribution in [2.24, 2.45) is 0 Å². The van der Waals surface area contributed by atoms with Crippen LogP contribution in [0.1, 0.15) is 12.8 Å². The molecule has 3 N–H and O–H groups in total. The summed E-state index contributed by atoms with van der Waals surface area (Å²) in [6.45, 7) is 0.970. The van der Waals surface area contributed by atoms with Crippen molar-refractivity contribution < 1.29 is 15.0 Å². The van der Waals surface area contributed by atoms with E-state index in [1.807, 2.05) is 0 Å². The van der Waals surface area contributed by atoms with Gasteiger partial charge in [0.2, 0.25) is 0 Å². The first kappa shape index (κ1) is 10.9. The van der Waals surface area contributed by atoms with Gasteiger partial charge in [-0.15, -0.1) is 17.0 Å². The summed E-state index contributed by atoms with van der Waals surface area (Å²) in [7, 11) is 0. The lowest BCUT2D eigenvalue weighted by atomic mass is 9.95. The third kappa shape index (κ3) is 2.43. The third-order valence-electron chi connectivity index (χ3n) is 1.76. The summed E-state index contributed by atoms with van der Waals surface area (Å²) < 4.78 is 0. The van der Waals surface area contributed by atoms with Crippen LogP contribution in [-0.4, -0.2) is 34.9 Å². The zero-order chi connectivity index (χ0) is 7.61. The molecule has 0 aliphatic carbocycles. The SMILES string of the molecule is Br.O=C(O)C1(O)CCCNC1. The Balaban J connectivity index is 0.000001000. The largest absolute Gasteiger partial charge is 0.479 e. The minimum atomic E-state index is -1.52. The summed E-state index contributed by atoms with van der Waals surface area (Å²) in [5.41, 5.74) is -1.52. The zero-order valence-corrected chi connectivity index (χ0v) is 7.75. The summed E-state index contributed by atoms with van der Waals surface area (Å²) in [4.78, 5) is 10.4. The Morgan fingerprint density at radius 1 is 1.55 bits per heavy atom. The number of carboxylic acids is 1. The molecule has 0 aromatic rings. The maximum Gasteiger partial charge on any atom is 0.337 e. The van der Waals surface area contributed by atoms with Gasteiger partial charge in [-0.05, 0) is 19.4 Å². The maximum atomic E-state index is 10.4. The topological polar surface area (TPSA) is 69.6 Å². The Hall–Kier alpha value is -0.130. The van der Waals surface area contributed by atoms with Gasteiger partial charge < -0.3 is 15.5 Å². The highest BCUT2D eigenvalue weighted by Gasteiger charge is 2.36. The van der Waals surface area contributed by atoms with Gasteiger partial charge in [0, 0.05) is 6.54 Å². The Morgan fingerprint density at radius 2 is 2.18 bits per heavy atom. The Bertz CT molecular complexity index is 145. The molecule has 11 heavy (non-hydrogen) atoms. The number of halogens is 1. The van der Waals surface area contributed by atoms with Gasteiger partial charge >= 0.3 is 5.97 Å². The van der Waals surface area contributed by atoms with Crippen LogP contribution >= 0.6 is 17.0 Å². The van der Waals surface area contributed by atoms with Crippen LogP contribution in [0.2, 0.25) is 0 Å². The summed E-state index contributed by atoms with van der Waals surface area (Å²) in [5, 5.41) is 20.6. The number of aliphatic hydroxyl groups is 1. The molecule has 0 radical (unpaired) electrons. The Kier molecular flexibility index (Phi) is 3.99. The van der Waals surface area contributed by atoms with Crippen LogP contribution < -0.4 is 5.32 Å². The van der Waals surface area contributed by atoms with E-state index in [1.54, 1.807) is 0 Å². The molecule has 0 bridgehead atoms. The van der Waals surface area contributed by atoms with Gasteiger partial charge in [0.1, 0.15) is 0 Å². The molecule has 0 saturated carbocycles. The second-order valence-electron chi connectivity index (χ2n) is 2.62. The van der Waals surface area contributed by atoms with E-state index in [2.05, 4.69) is 5.32 Å². The molecule has 0 aromatic heterocycles. The highest BCUT2D eigenvalue weighted by atomic mass is 79.9. The van der Waals surface area contributed by atoms with E-state index in [0.29, 0.717) is 6.42 Å². The lowest BCUT2D eigenvalue weighted by Crippen LogP contribution is -2.51. The van der Waals surface area contributed by atoms with E-state index in [1.165, 1.54) is 0 Å². The fourth-order valence-electron chi connectivity index (χ4n) is 1.07. The molecule has 5 heteroatoms. The Labute approximate surface area is 75.4 Å². The van der Waals surface area contributed by atoms with Crippen molar-refractivity contribution in [1.82, 2.24) is 5.32 Å². The average molecular weight is 226 g/mol. The van der Waals surface area contributed by atoms with Crippen molar-refractivity contribution in [2.75, 3.05) is 13.1 Å². The van der Waals surface area contributed by atoms with Gasteiger partial charge in [-0.3, -0.25) is 0 Å². The highest BCUT2D eigenvalue weighted by molar-refractivity contribution is 8.93. The fourth-order valence-corrected chi connectivity index (χ4v) is 1.07. The van der Waals surface area contributed by atoms with E-state index in [4.69, 9.17) is 5.11 Å². The molecule has 1 aliphatic heterocycles. The number of β-amino-alcohol motifs (C(OH)–C–C–N with tert-alkyl or cyclic N) is 1. The molecule has 1 unspecified atom stereocenters. The number of hydrogen-bond acceptors (Lipinski definition) is 3. The lowest BCUT2D eigenvalue weighted by molar-refractivity contribution is -0.160. The normalized spacial score (nSPS) is 30.6. The number of piperidine rings is 1. The van der Waals surface area contributed by atoms with Gasteiger partial charge in [-0.25, -0.2) is 4.79 Å². The first-order valence-electron chi connectivity index (χ1n) is 3.32. The van der Waals surface area contributed by atoms with Crippen LogP contribution in [-0.2, 0) is 4.79 Å². The number of carbonyl (C=O) groups is 1. The van der Waals surface area contributed by atoms with Gasteiger partial charge in [0.15, 0.2) is 5.60 Å². The predicted octanol–water partition coefficient (Wildman–Crippen LogP) is -0.237. The molecule has 1 rings (SSSR count). The van der Waals surface area contributed by atoms with Crippen LogP contribution in [0.5, 0.6) is 0 Å². The molecule has 66 valence electrons. The van der Waals surface area contributed by atoms with E-state index in [9.17, 15) is 9.90 Å². The van der Waals surface area contributed by atoms with Gasteiger partial charge in [0.05, 0.1) is 0 Å². The molecule has 4 nitrogen and oxygen atoms in total. The summed E-state index contributed by atoms with van der Waals surface area (Å²) in [5.74, 6) is -1.13. The molecular formula is C6H12BrNO3. The van der Waals surface area contributed by atoms with E-state index in [0.717, 1.165) is 13.0 Å². The maximum absolute atomic E-state index is 10.4. The highest BCUT2D eigenvalue weighted by Crippen LogP contribution is 2.15. The standard InChI is InChI=1S/C6H11NO3.BrH/c8-5(9)6(10)2-1-3-7-4-6;/h7,10H,1-4H2,(H,8,9);1H. The van der Waals surface area contributed by atoms with Crippen LogP contribution in [0, 0.1) is 0 Å². The molecule has 0 spiro atoms. The number of carboxylic acid groups (broad SMARTS) is 1. The van der Waals surface area contributed by atoms with E-state index < -0.39 is 11.6 Å². The summed E-state index contributed by atoms with van der Waals surface area (Å²) in [6, 6.07) is 0. The van der Waals surface area contributed by atoms with E-state index >= 15 is 0 Å². The molecule has 1 saturated heterocycles. The second kappa shape index (κ2) is 4.04. The van der Waals surface area contributed by atoms with Crippen molar-refractivity contribution in [2.45, 2.75) is 18.4 Å². The van der Waals surface area contributed by atoms with Crippen molar-refractivity contribution >= 4 is 23.0 Å². The van der Waals surface area contributed by atoms with Crippen LogP contribution in [0.25, 0.3) is 0 Å². The Morgan fingerprint density at radius 3 is 2.45 bits per heavy atom. The van der Waals surface area contributed by atoms with Crippen LogP contribution in [0.15, 0.2) is 0 Å². The zero-order valence-electron chi connectivity index (χ0n) is 6.04. The number of aliphatic carboxylic acids is 1. The number of rotatable bonds is 1. The first-order chi connectivity index (χ1) is 4.65. The number of hydrogen-bond donors (Lipinski definition) is 3. The first-order valence-corrected chi connectivity index (χ1v) is 3.32. The average Bonchev–Trinajstić information content (AvgIpc) is 1.89. The van der Waals surface area contributed by atoms with Crippen LogP contribution in [0.3, 0.4) is 0 Å². The monoisotopic (exact) mass is 225 g/mol. The fraction of sp³-hybridized carbons (Fsp3) is 0.833. The summed E-state index contributed by atoms with van der Waals surface area (Å²) in [6.07, 6.45) is 1.08. The van der Waals surface area contributed by atoms with Crippen molar-refractivity contribution in [3.8, 4) is 0 Å². The van der Waals surface area contributed by atoms with Crippen LogP contribution in [0.4, 0.5) is 0 Å².